The average molecular weight is 825 g/mol. The summed E-state index contributed by atoms with van der Waals surface area (Å²) in [5.74, 6) is -0.904. The van der Waals surface area contributed by atoms with Crippen LogP contribution in [0.2, 0.25) is 0 Å². The lowest BCUT2D eigenvalue weighted by Gasteiger charge is -2.18. The van der Waals surface area contributed by atoms with Crippen molar-refractivity contribution in [3.05, 3.63) is 60.8 Å². The van der Waals surface area contributed by atoms with Crippen LogP contribution >= 0.6 is 0 Å². The van der Waals surface area contributed by atoms with E-state index in [2.05, 4.69) is 81.5 Å². The molecule has 1 atom stereocenters. The summed E-state index contributed by atoms with van der Waals surface area (Å²) in [5.41, 5.74) is 0. The molecular weight excluding hydrogens is 733 g/mol. The molecule has 6 nitrogen and oxygen atoms in total. The fourth-order valence-electron chi connectivity index (χ4n) is 6.84. The summed E-state index contributed by atoms with van der Waals surface area (Å²) in [7, 11) is 0. The van der Waals surface area contributed by atoms with Crippen molar-refractivity contribution in [2.24, 2.45) is 0 Å². The molecule has 0 fully saturated rings. The fourth-order valence-corrected chi connectivity index (χ4v) is 6.84. The van der Waals surface area contributed by atoms with E-state index in [4.69, 9.17) is 14.2 Å². The van der Waals surface area contributed by atoms with E-state index in [1.165, 1.54) is 116 Å². The first kappa shape index (κ1) is 56.1. The Balaban J connectivity index is 4.40. The Morgan fingerprint density at radius 2 is 0.661 bits per heavy atom. The van der Waals surface area contributed by atoms with E-state index in [1.54, 1.807) is 0 Å². The van der Waals surface area contributed by atoms with Crippen molar-refractivity contribution in [1.29, 1.82) is 0 Å². The van der Waals surface area contributed by atoms with Crippen molar-refractivity contribution in [2.45, 2.75) is 245 Å². The molecule has 0 saturated heterocycles. The molecular formula is C53H92O6. The van der Waals surface area contributed by atoms with Gasteiger partial charge in [0.2, 0.25) is 0 Å². The van der Waals surface area contributed by atoms with Crippen LogP contribution in [0.1, 0.15) is 239 Å². The van der Waals surface area contributed by atoms with Crippen molar-refractivity contribution >= 4 is 17.9 Å². The third-order valence-electron chi connectivity index (χ3n) is 10.6. The second-order valence-electron chi connectivity index (χ2n) is 16.4. The zero-order valence-electron chi connectivity index (χ0n) is 38.8. The van der Waals surface area contributed by atoms with Crippen LogP contribution in [0, 0.1) is 0 Å². The Labute approximate surface area is 364 Å². The third-order valence-corrected chi connectivity index (χ3v) is 10.6. The number of carbonyl (C=O) groups is 3. The first-order valence-electron chi connectivity index (χ1n) is 24.8. The lowest BCUT2D eigenvalue weighted by molar-refractivity contribution is -0.167. The van der Waals surface area contributed by atoms with Crippen LogP contribution in [0.5, 0.6) is 0 Å². The second kappa shape index (κ2) is 47.8. The molecule has 0 rings (SSSR count). The van der Waals surface area contributed by atoms with Gasteiger partial charge in [0.15, 0.2) is 6.10 Å². The standard InChI is InChI=1S/C53H92O6/c1-4-7-10-13-16-19-22-24-26-28-31-34-37-40-43-46-52(55)58-49-50(48-57-51(54)45-42-39-36-33-30-21-18-15-12-9-6-3)59-53(56)47-44-41-38-35-32-29-27-25-23-20-17-14-11-8-5-2/h7,10,13,16-17,19-20,22-23,25,50H,4-6,8-9,11-12,14-15,18,21,24,26-49H2,1-3H3/b10-7-,16-13-,20-17-,22-19-,25-23-. The molecule has 0 saturated carbocycles. The molecule has 0 aromatic heterocycles. The van der Waals surface area contributed by atoms with E-state index in [1.807, 2.05) is 0 Å². The van der Waals surface area contributed by atoms with Gasteiger partial charge in [0, 0.05) is 19.3 Å². The molecule has 0 bridgehead atoms. The first-order valence-corrected chi connectivity index (χ1v) is 24.8. The van der Waals surface area contributed by atoms with E-state index < -0.39 is 6.10 Å². The Morgan fingerprint density at radius 1 is 0.356 bits per heavy atom. The van der Waals surface area contributed by atoms with E-state index >= 15 is 0 Å². The molecule has 0 aliphatic heterocycles. The van der Waals surface area contributed by atoms with Crippen LogP contribution in [0.25, 0.3) is 0 Å². The molecule has 0 aliphatic rings. The highest BCUT2D eigenvalue weighted by Crippen LogP contribution is 2.15. The molecule has 6 heteroatoms. The minimum Gasteiger partial charge on any atom is -0.462 e. The number of hydrogen-bond donors (Lipinski definition) is 0. The zero-order valence-corrected chi connectivity index (χ0v) is 38.8. The lowest BCUT2D eigenvalue weighted by Crippen LogP contribution is -2.30. The van der Waals surface area contributed by atoms with E-state index in [-0.39, 0.29) is 31.1 Å². The molecule has 0 amide bonds. The molecule has 1 unspecified atom stereocenters. The second-order valence-corrected chi connectivity index (χ2v) is 16.4. The predicted octanol–water partition coefficient (Wildman–Crippen LogP) is 16.1. The highest BCUT2D eigenvalue weighted by Gasteiger charge is 2.19. The van der Waals surface area contributed by atoms with Gasteiger partial charge in [0.1, 0.15) is 13.2 Å². The van der Waals surface area contributed by atoms with Crippen LogP contribution < -0.4 is 0 Å². The van der Waals surface area contributed by atoms with Gasteiger partial charge in [0.05, 0.1) is 0 Å². The molecule has 0 radical (unpaired) electrons. The van der Waals surface area contributed by atoms with E-state index in [0.29, 0.717) is 19.3 Å². The Bertz CT molecular complexity index is 1090. The van der Waals surface area contributed by atoms with Crippen LogP contribution in [0.15, 0.2) is 60.8 Å². The monoisotopic (exact) mass is 825 g/mol. The summed E-state index contributed by atoms with van der Waals surface area (Å²) in [4.78, 5) is 37.9. The van der Waals surface area contributed by atoms with Crippen molar-refractivity contribution in [3.8, 4) is 0 Å². The Kier molecular flexibility index (Phi) is 45.4. The van der Waals surface area contributed by atoms with Gasteiger partial charge in [-0.15, -0.1) is 0 Å². The topological polar surface area (TPSA) is 78.9 Å². The van der Waals surface area contributed by atoms with Crippen molar-refractivity contribution in [2.75, 3.05) is 13.2 Å². The van der Waals surface area contributed by atoms with Crippen molar-refractivity contribution in [1.82, 2.24) is 0 Å². The molecule has 0 aliphatic carbocycles. The highest BCUT2D eigenvalue weighted by molar-refractivity contribution is 5.71. The first-order chi connectivity index (χ1) is 29.0. The number of hydrogen-bond acceptors (Lipinski definition) is 6. The van der Waals surface area contributed by atoms with Gasteiger partial charge in [-0.2, -0.15) is 0 Å². The number of carbonyl (C=O) groups excluding carboxylic acids is 3. The number of rotatable bonds is 44. The van der Waals surface area contributed by atoms with Gasteiger partial charge in [-0.25, -0.2) is 0 Å². The van der Waals surface area contributed by atoms with Crippen molar-refractivity contribution in [3.63, 3.8) is 0 Å². The number of unbranched alkanes of at least 4 members (excludes halogenated alkanes) is 26. The minimum absolute atomic E-state index is 0.0816. The van der Waals surface area contributed by atoms with Gasteiger partial charge >= 0.3 is 17.9 Å². The summed E-state index contributed by atoms with van der Waals surface area (Å²) >= 11 is 0. The summed E-state index contributed by atoms with van der Waals surface area (Å²) in [5, 5.41) is 0. The Hall–Kier alpha value is -2.89. The van der Waals surface area contributed by atoms with Crippen LogP contribution in [0.4, 0.5) is 0 Å². The van der Waals surface area contributed by atoms with Crippen LogP contribution in [0.3, 0.4) is 0 Å². The molecule has 0 aromatic carbocycles. The predicted molar refractivity (Wildman–Crippen MR) is 251 cm³/mol. The summed E-state index contributed by atoms with van der Waals surface area (Å²) in [6.45, 7) is 6.45. The van der Waals surface area contributed by atoms with Gasteiger partial charge in [0.25, 0.3) is 0 Å². The van der Waals surface area contributed by atoms with Crippen LogP contribution in [-0.4, -0.2) is 37.2 Å². The maximum atomic E-state index is 12.8. The summed E-state index contributed by atoms with van der Waals surface area (Å²) in [6.07, 6.45) is 57.7. The largest absolute Gasteiger partial charge is 0.462 e. The van der Waals surface area contributed by atoms with Gasteiger partial charge in [-0.1, -0.05) is 216 Å². The molecule has 59 heavy (non-hydrogen) atoms. The molecule has 0 aromatic rings. The molecule has 0 heterocycles. The Morgan fingerprint density at radius 3 is 1.07 bits per heavy atom. The van der Waals surface area contributed by atoms with E-state index in [0.717, 1.165) is 83.5 Å². The normalized spacial score (nSPS) is 12.5. The quantitative estimate of drug-likeness (QED) is 0.0263. The molecule has 0 N–H and O–H groups in total. The van der Waals surface area contributed by atoms with E-state index in [9.17, 15) is 14.4 Å². The number of ether oxygens (including phenoxy) is 3. The zero-order chi connectivity index (χ0) is 43.0. The van der Waals surface area contributed by atoms with Crippen LogP contribution in [-0.2, 0) is 28.6 Å². The van der Waals surface area contributed by atoms with Gasteiger partial charge < -0.3 is 14.2 Å². The van der Waals surface area contributed by atoms with Gasteiger partial charge in [-0.05, 0) is 64.2 Å². The number of esters is 3. The third kappa shape index (κ3) is 46.0. The van der Waals surface area contributed by atoms with Gasteiger partial charge in [-0.3, -0.25) is 14.4 Å². The highest BCUT2D eigenvalue weighted by atomic mass is 16.6. The van der Waals surface area contributed by atoms with Crippen molar-refractivity contribution < 1.29 is 28.6 Å². The summed E-state index contributed by atoms with van der Waals surface area (Å²) in [6, 6.07) is 0. The number of allylic oxidation sites excluding steroid dienone is 10. The molecule has 0 spiro atoms. The SMILES string of the molecule is CC\C=C/C=C\C=C/CCCCCCCCCC(=O)OCC(COC(=O)CCCCCCCCCCCCC)OC(=O)CCCCCCCC/C=C\C=C/CCCCC. The fraction of sp³-hybridized carbons (Fsp3) is 0.755. The minimum atomic E-state index is -0.782. The maximum Gasteiger partial charge on any atom is 0.306 e. The summed E-state index contributed by atoms with van der Waals surface area (Å²) < 4.78 is 16.8. The maximum absolute atomic E-state index is 12.8. The lowest BCUT2D eigenvalue weighted by atomic mass is 10.1. The average Bonchev–Trinajstić information content (AvgIpc) is 3.23. The molecule has 340 valence electrons. The smallest absolute Gasteiger partial charge is 0.306 e.